The van der Waals surface area contributed by atoms with E-state index in [-0.39, 0.29) is 0 Å². The Labute approximate surface area is 138 Å². The van der Waals surface area contributed by atoms with Crippen molar-refractivity contribution < 1.29 is 0 Å². The predicted molar refractivity (Wildman–Crippen MR) is 96.7 cm³/mol. The lowest BCUT2D eigenvalue weighted by Gasteiger charge is -2.12. The van der Waals surface area contributed by atoms with E-state index in [0.717, 1.165) is 17.9 Å². The van der Waals surface area contributed by atoms with Crippen molar-refractivity contribution in [2.45, 2.75) is 39.5 Å². The second kappa shape index (κ2) is 6.82. The highest BCUT2D eigenvalue weighted by Crippen LogP contribution is 2.27. The number of H-pyrrole nitrogens is 1. The van der Waals surface area contributed by atoms with E-state index in [0.29, 0.717) is 5.92 Å². The summed E-state index contributed by atoms with van der Waals surface area (Å²) in [6.07, 6.45) is 3.96. The van der Waals surface area contributed by atoms with Crippen LogP contribution < -0.4 is 0 Å². The molecule has 2 aromatic carbocycles. The van der Waals surface area contributed by atoms with E-state index in [4.69, 9.17) is 0 Å². The van der Waals surface area contributed by atoms with Gasteiger partial charge in [0.2, 0.25) is 0 Å². The Balaban J connectivity index is 1.83. The van der Waals surface area contributed by atoms with Gasteiger partial charge in [-0.15, -0.1) is 0 Å². The summed E-state index contributed by atoms with van der Waals surface area (Å²) in [4.78, 5) is 8.02. The standard InChI is InChI=1S/C21H24N2/c1-4-15(2)18-10-11-19(16(3)12-18)20-14-22-21(23-20)13-17-8-6-5-7-9-17/h5-12,14-15H,4,13H2,1-3H3,(H,22,23). The van der Waals surface area contributed by atoms with Crippen LogP contribution in [0.4, 0.5) is 0 Å². The maximum absolute atomic E-state index is 4.55. The zero-order valence-electron chi connectivity index (χ0n) is 14.1. The van der Waals surface area contributed by atoms with Crippen molar-refractivity contribution >= 4 is 0 Å². The van der Waals surface area contributed by atoms with Crippen LogP contribution in [0.1, 0.15) is 48.7 Å². The molecule has 1 aromatic heterocycles. The quantitative estimate of drug-likeness (QED) is 0.663. The van der Waals surface area contributed by atoms with Crippen molar-refractivity contribution in [3.05, 3.63) is 77.2 Å². The number of aromatic nitrogens is 2. The minimum Gasteiger partial charge on any atom is -0.342 e. The Bertz CT molecular complexity index is 772. The second-order valence-corrected chi connectivity index (χ2v) is 6.29. The Morgan fingerprint density at radius 2 is 1.87 bits per heavy atom. The molecule has 0 aliphatic carbocycles. The zero-order valence-corrected chi connectivity index (χ0v) is 14.1. The number of nitrogens with zero attached hydrogens (tertiary/aromatic N) is 1. The van der Waals surface area contributed by atoms with Crippen LogP contribution in [0.25, 0.3) is 11.3 Å². The fourth-order valence-electron chi connectivity index (χ4n) is 2.91. The van der Waals surface area contributed by atoms with E-state index in [1.165, 1.54) is 28.7 Å². The fraction of sp³-hybridized carbons (Fsp3) is 0.286. The smallest absolute Gasteiger partial charge is 0.110 e. The van der Waals surface area contributed by atoms with Crippen LogP contribution in [0.2, 0.25) is 0 Å². The molecule has 23 heavy (non-hydrogen) atoms. The van der Waals surface area contributed by atoms with Crippen molar-refractivity contribution in [1.29, 1.82) is 0 Å². The van der Waals surface area contributed by atoms with Crippen LogP contribution in [0, 0.1) is 6.92 Å². The van der Waals surface area contributed by atoms with Gasteiger partial charge in [-0.1, -0.05) is 62.4 Å². The van der Waals surface area contributed by atoms with E-state index in [2.05, 4.69) is 73.2 Å². The first-order valence-corrected chi connectivity index (χ1v) is 8.36. The highest BCUT2D eigenvalue weighted by atomic mass is 14.9. The summed E-state index contributed by atoms with van der Waals surface area (Å²) < 4.78 is 0. The van der Waals surface area contributed by atoms with Gasteiger partial charge in [-0.25, -0.2) is 4.98 Å². The molecule has 1 unspecified atom stereocenters. The summed E-state index contributed by atoms with van der Waals surface area (Å²) in [7, 11) is 0. The predicted octanol–water partition coefficient (Wildman–Crippen LogP) is 5.49. The first kappa shape index (κ1) is 15.5. The highest BCUT2D eigenvalue weighted by Gasteiger charge is 2.09. The molecular weight excluding hydrogens is 280 g/mol. The Kier molecular flexibility index (Phi) is 4.61. The van der Waals surface area contributed by atoms with E-state index < -0.39 is 0 Å². The van der Waals surface area contributed by atoms with Gasteiger partial charge in [0.05, 0.1) is 11.9 Å². The van der Waals surface area contributed by atoms with Crippen LogP contribution in [0.5, 0.6) is 0 Å². The van der Waals surface area contributed by atoms with Gasteiger partial charge >= 0.3 is 0 Å². The van der Waals surface area contributed by atoms with Crippen molar-refractivity contribution in [2.24, 2.45) is 0 Å². The van der Waals surface area contributed by atoms with Crippen molar-refractivity contribution in [3.63, 3.8) is 0 Å². The summed E-state index contributed by atoms with van der Waals surface area (Å²) in [5, 5.41) is 0. The molecule has 0 saturated heterocycles. The first-order valence-electron chi connectivity index (χ1n) is 8.36. The number of benzene rings is 2. The number of aromatic amines is 1. The molecule has 0 radical (unpaired) electrons. The monoisotopic (exact) mass is 304 g/mol. The number of aryl methyl sites for hydroxylation is 1. The van der Waals surface area contributed by atoms with Gasteiger partial charge in [-0.2, -0.15) is 0 Å². The van der Waals surface area contributed by atoms with Crippen LogP contribution in [-0.4, -0.2) is 9.97 Å². The van der Waals surface area contributed by atoms with Gasteiger partial charge in [0.1, 0.15) is 5.82 Å². The van der Waals surface area contributed by atoms with Gasteiger partial charge in [0.25, 0.3) is 0 Å². The van der Waals surface area contributed by atoms with Crippen molar-refractivity contribution in [1.82, 2.24) is 9.97 Å². The van der Waals surface area contributed by atoms with Crippen molar-refractivity contribution in [2.75, 3.05) is 0 Å². The summed E-state index contributed by atoms with van der Waals surface area (Å²) in [6, 6.07) is 17.2. The van der Waals surface area contributed by atoms with Crippen LogP contribution in [0.15, 0.2) is 54.7 Å². The Morgan fingerprint density at radius 1 is 1.09 bits per heavy atom. The molecule has 0 aliphatic heterocycles. The minimum absolute atomic E-state index is 0.609. The molecule has 0 amide bonds. The summed E-state index contributed by atoms with van der Waals surface area (Å²) in [5.41, 5.74) is 6.33. The molecule has 0 fully saturated rings. The number of nitrogens with one attached hydrogen (secondary N) is 1. The topological polar surface area (TPSA) is 28.7 Å². The van der Waals surface area contributed by atoms with Gasteiger partial charge < -0.3 is 4.98 Å². The van der Waals surface area contributed by atoms with Gasteiger partial charge in [-0.05, 0) is 36.0 Å². The molecule has 118 valence electrons. The van der Waals surface area contributed by atoms with E-state index in [1.54, 1.807) is 0 Å². The fourth-order valence-corrected chi connectivity index (χ4v) is 2.91. The second-order valence-electron chi connectivity index (χ2n) is 6.29. The van der Waals surface area contributed by atoms with Crippen molar-refractivity contribution in [3.8, 4) is 11.3 Å². The van der Waals surface area contributed by atoms with Crippen LogP contribution in [0.3, 0.4) is 0 Å². The molecule has 0 bridgehead atoms. The highest BCUT2D eigenvalue weighted by molar-refractivity contribution is 5.63. The Morgan fingerprint density at radius 3 is 2.57 bits per heavy atom. The molecular formula is C21H24N2. The lowest BCUT2D eigenvalue weighted by atomic mass is 9.94. The average molecular weight is 304 g/mol. The summed E-state index contributed by atoms with van der Waals surface area (Å²) >= 11 is 0. The third kappa shape index (κ3) is 3.53. The maximum Gasteiger partial charge on any atom is 0.110 e. The molecule has 3 rings (SSSR count). The normalized spacial score (nSPS) is 12.3. The van der Waals surface area contributed by atoms with Gasteiger partial charge in [-0.3, -0.25) is 0 Å². The van der Waals surface area contributed by atoms with Crippen LogP contribution in [-0.2, 0) is 6.42 Å². The number of rotatable bonds is 5. The van der Waals surface area contributed by atoms with Gasteiger partial charge in [0.15, 0.2) is 0 Å². The Hall–Kier alpha value is -2.35. The molecule has 0 aliphatic rings. The molecule has 2 heteroatoms. The third-order valence-electron chi connectivity index (χ3n) is 4.56. The molecule has 2 nitrogen and oxygen atoms in total. The molecule has 1 N–H and O–H groups in total. The lowest BCUT2D eigenvalue weighted by molar-refractivity contribution is 0.733. The minimum atomic E-state index is 0.609. The first-order chi connectivity index (χ1) is 11.2. The molecule has 1 atom stereocenters. The SMILES string of the molecule is CCC(C)c1ccc(-c2cnc(Cc3ccccc3)[nH]2)c(C)c1. The molecule has 0 spiro atoms. The largest absolute Gasteiger partial charge is 0.342 e. The number of hydrogen-bond donors (Lipinski definition) is 1. The van der Waals surface area contributed by atoms with Crippen LogP contribution >= 0.6 is 0 Å². The summed E-state index contributed by atoms with van der Waals surface area (Å²) in [5.74, 6) is 1.62. The number of hydrogen-bond acceptors (Lipinski definition) is 1. The van der Waals surface area contributed by atoms with Gasteiger partial charge in [0, 0.05) is 12.0 Å². The molecule has 3 aromatic rings. The third-order valence-corrected chi connectivity index (χ3v) is 4.56. The van der Waals surface area contributed by atoms with E-state index in [9.17, 15) is 0 Å². The number of imidazole rings is 1. The average Bonchev–Trinajstić information content (AvgIpc) is 3.03. The lowest BCUT2D eigenvalue weighted by Crippen LogP contribution is -1.94. The summed E-state index contributed by atoms with van der Waals surface area (Å²) in [6.45, 7) is 6.69. The zero-order chi connectivity index (χ0) is 16.2. The maximum atomic E-state index is 4.55. The molecule has 1 heterocycles. The van der Waals surface area contributed by atoms with E-state index in [1.807, 2.05) is 12.3 Å². The van der Waals surface area contributed by atoms with E-state index >= 15 is 0 Å². The molecule has 0 saturated carbocycles.